The normalized spacial score (nSPS) is 11.7. The molecule has 84 valence electrons. The van der Waals surface area contributed by atoms with E-state index in [0.717, 1.165) is 23.2 Å². The van der Waals surface area contributed by atoms with Crippen LogP contribution in [0.25, 0.3) is 0 Å². The highest BCUT2D eigenvalue weighted by Gasteiger charge is 2.21. The highest BCUT2D eigenvalue weighted by atomic mass is 32.2. The van der Waals surface area contributed by atoms with Crippen molar-refractivity contribution < 1.29 is 0 Å². The molecule has 0 unspecified atom stereocenters. The van der Waals surface area contributed by atoms with Gasteiger partial charge in [0.15, 0.2) is 0 Å². The van der Waals surface area contributed by atoms with E-state index in [4.69, 9.17) is 11.1 Å². The van der Waals surface area contributed by atoms with Gasteiger partial charge in [0.25, 0.3) is 0 Å². The highest BCUT2D eigenvalue weighted by molar-refractivity contribution is 7.99. The van der Waals surface area contributed by atoms with Crippen molar-refractivity contribution in [3.8, 4) is 0 Å². The highest BCUT2D eigenvalue weighted by Crippen LogP contribution is 2.24. The van der Waals surface area contributed by atoms with E-state index in [1.54, 1.807) is 11.8 Å². The summed E-state index contributed by atoms with van der Waals surface area (Å²) in [5, 5.41) is 15.0. The fraction of sp³-hybridized carbons (Fsp3) is 0.667. The van der Waals surface area contributed by atoms with Crippen molar-refractivity contribution in [1.82, 2.24) is 15.2 Å². The molecule has 1 aromatic rings. The van der Waals surface area contributed by atoms with Crippen molar-refractivity contribution in [3.63, 3.8) is 0 Å². The van der Waals surface area contributed by atoms with Crippen molar-refractivity contribution in [2.45, 2.75) is 32.3 Å². The van der Waals surface area contributed by atoms with Crippen molar-refractivity contribution >= 4 is 17.6 Å². The Hall–Kier alpha value is -1.04. The number of hydrogen-bond donors (Lipinski definition) is 3. The van der Waals surface area contributed by atoms with E-state index in [1.807, 2.05) is 20.8 Å². The molecule has 0 aliphatic heterocycles. The first-order valence-corrected chi connectivity index (χ1v) is 5.77. The molecular weight excluding hydrogens is 210 g/mol. The first kappa shape index (κ1) is 12.0. The lowest BCUT2D eigenvalue weighted by Crippen LogP contribution is -2.31. The number of nitrogens with zero attached hydrogens (tertiary/aromatic N) is 2. The lowest BCUT2D eigenvalue weighted by atomic mass is 9.89. The Morgan fingerprint density at radius 1 is 1.60 bits per heavy atom. The van der Waals surface area contributed by atoms with Gasteiger partial charge in [-0.3, -0.25) is 10.5 Å². The van der Waals surface area contributed by atoms with E-state index in [9.17, 15) is 0 Å². The third kappa shape index (κ3) is 3.54. The first-order chi connectivity index (χ1) is 6.92. The van der Waals surface area contributed by atoms with E-state index in [0.29, 0.717) is 0 Å². The van der Waals surface area contributed by atoms with E-state index < -0.39 is 0 Å². The molecule has 0 bridgehead atoms. The summed E-state index contributed by atoms with van der Waals surface area (Å²) in [5.74, 6) is 1.92. The number of nitrogens with one attached hydrogen (secondary N) is 2. The average molecular weight is 227 g/mol. The molecule has 6 heteroatoms. The maximum Gasteiger partial charge on any atom is 0.208 e. The number of nitrogens with two attached hydrogens (primary N) is 1. The Morgan fingerprint density at radius 3 is 2.73 bits per heavy atom. The molecule has 0 fully saturated rings. The van der Waals surface area contributed by atoms with Crippen LogP contribution in [-0.2, 0) is 0 Å². The predicted molar refractivity (Wildman–Crippen MR) is 62.2 cm³/mol. The number of H-pyrrole nitrogens is 1. The summed E-state index contributed by atoms with van der Waals surface area (Å²) in [6.07, 6.45) is 0.848. The fourth-order valence-corrected chi connectivity index (χ4v) is 2.03. The summed E-state index contributed by atoms with van der Waals surface area (Å²) in [7, 11) is 0. The second-order valence-electron chi connectivity index (χ2n) is 4.10. The molecule has 4 N–H and O–H groups in total. The van der Waals surface area contributed by atoms with Crippen LogP contribution in [0.4, 0.5) is 0 Å². The molecule has 0 spiro atoms. The molecule has 0 amide bonds. The van der Waals surface area contributed by atoms with Crippen LogP contribution in [0, 0.1) is 17.7 Å². The van der Waals surface area contributed by atoms with Crippen LogP contribution in [0.5, 0.6) is 0 Å². The molecule has 0 aliphatic carbocycles. The zero-order valence-electron chi connectivity index (χ0n) is 9.29. The Balaban J connectivity index is 2.36. The van der Waals surface area contributed by atoms with Crippen molar-refractivity contribution in [2.75, 3.05) is 5.75 Å². The number of aromatic amines is 1. The van der Waals surface area contributed by atoms with Crippen molar-refractivity contribution in [3.05, 3.63) is 5.82 Å². The molecule has 0 aromatic carbocycles. The zero-order chi connectivity index (χ0) is 11.5. The van der Waals surface area contributed by atoms with Gasteiger partial charge in [-0.2, -0.15) is 0 Å². The lowest BCUT2D eigenvalue weighted by molar-refractivity contribution is 0.500. The fourth-order valence-electron chi connectivity index (χ4n) is 0.919. The van der Waals surface area contributed by atoms with Crippen LogP contribution >= 0.6 is 11.8 Å². The number of aryl methyl sites for hydroxylation is 1. The molecule has 1 aromatic heterocycles. The Bertz CT molecular complexity index is 344. The topological polar surface area (TPSA) is 91.4 Å². The van der Waals surface area contributed by atoms with Crippen LogP contribution in [0.2, 0.25) is 0 Å². The molecule has 0 saturated heterocycles. The third-order valence-corrected chi connectivity index (χ3v) is 3.11. The monoisotopic (exact) mass is 227 g/mol. The van der Waals surface area contributed by atoms with Gasteiger partial charge in [-0.25, -0.2) is 4.98 Å². The molecular formula is C9H17N5S. The number of hydrogen-bond acceptors (Lipinski definition) is 4. The number of aromatic nitrogens is 3. The molecule has 5 nitrogen and oxygen atoms in total. The number of amidine groups is 1. The summed E-state index contributed by atoms with van der Waals surface area (Å²) in [6, 6.07) is 0. The molecule has 0 saturated carbocycles. The smallest absolute Gasteiger partial charge is 0.208 e. The van der Waals surface area contributed by atoms with Gasteiger partial charge in [0.2, 0.25) is 5.16 Å². The summed E-state index contributed by atoms with van der Waals surface area (Å²) in [5.41, 5.74) is 5.25. The largest absolute Gasteiger partial charge is 0.387 e. The summed E-state index contributed by atoms with van der Waals surface area (Å²) >= 11 is 1.58. The quantitative estimate of drug-likeness (QED) is 0.404. The Labute approximate surface area is 93.8 Å². The second kappa shape index (κ2) is 4.65. The molecule has 15 heavy (non-hydrogen) atoms. The van der Waals surface area contributed by atoms with Gasteiger partial charge in [0.05, 0.1) is 5.84 Å². The lowest BCUT2D eigenvalue weighted by Gasteiger charge is -2.21. The molecule has 0 radical (unpaired) electrons. The first-order valence-electron chi connectivity index (χ1n) is 4.78. The van der Waals surface area contributed by atoms with Crippen LogP contribution in [0.15, 0.2) is 5.16 Å². The average Bonchev–Trinajstić information content (AvgIpc) is 2.51. The van der Waals surface area contributed by atoms with Crippen molar-refractivity contribution in [2.24, 2.45) is 11.1 Å². The van der Waals surface area contributed by atoms with Gasteiger partial charge in [-0.05, 0) is 13.3 Å². The standard InChI is InChI=1S/C9H17N5S/c1-6-12-8(14-13-6)15-5-4-9(2,3)7(10)11/h4-5H2,1-3H3,(H3,10,11)(H,12,13,14). The summed E-state index contributed by atoms with van der Waals surface area (Å²) < 4.78 is 0. The summed E-state index contributed by atoms with van der Waals surface area (Å²) in [6.45, 7) is 5.81. The van der Waals surface area contributed by atoms with Crippen LogP contribution in [-0.4, -0.2) is 26.8 Å². The van der Waals surface area contributed by atoms with Gasteiger partial charge < -0.3 is 5.73 Å². The maximum atomic E-state index is 7.42. The number of rotatable bonds is 5. The van der Waals surface area contributed by atoms with E-state index in [-0.39, 0.29) is 11.3 Å². The molecule has 1 heterocycles. The molecule has 1 rings (SSSR count). The second-order valence-corrected chi connectivity index (χ2v) is 5.16. The van der Waals surface area contributed by atoms with E-state index in [2.05, 4.69) is 15.2 Å². The molecule has 0 aliphatic rings. The number of thioether (sulfide) groups is 1. The van der Waals surface area contributed by atoms with Gasteiger partial charge in [-0.15, -0.1) is 5.10 Å². The van der Waals surface area contributed by atoms with Crippen molar-refractivity contribution in [1.29, 1.82) is 5.41 Å². The van der Waals surface area contributed by atoms with Gasteiger partial charge >= 0.3 is 0 Å². The predicted octanol–water partition coefficient (Wildman–Crippen LogP) is 1.56. The van der Waals surface area contributed by atoms with Gasteiger partial charge in [0, 0.05) is 11.2 Å². The van der Waals surface area contributed by atoms with E-state index >= 15 is 0 Å². The molecule has 0 atom stereocenters. The SMILES string of the molecule is Cc1nc(SCCC(C)(C)C(=N)N)n[nH]1. The van der Waals surface area contributed by atoms with Gasteiger partial charge in [-0.1, -0.05) is 25.6 Å². The van der Waals surface area contributed by atoms with Crippen LogP contribution in [0.1, 0.15) is 26.1 Å². The maximum absolute atomic E-state index is 7.42. The zero-order valence-corrected chi connectivity index (χ0v) is 10.1. The Kier molecular flexibility index (Phi) is 3.73. The van der Waals surface area contributed by atoms with Crippen LogP contribution < -0.4 is 5.73 Å². The summed E-state index contributed by atoms with van der Waals surface area (Å²) in [4.78, 5) is 4.19. The van der Waals surface area contributed by atoms with E-state index in [1.165, 1.54) is 0 Å². The Morgan fingerprint density at radius 2 is 2.27 bits per heavy atom. The van der Waals surface area contributed by atoms with Crippen LogP contribution in [0.3, 0.4) is 0 Å². The minimum absolute atomic E-state index is 0.231. The minimum Gasteiger partial charge on any atom is -0.387 e. The minimum atomic E-state index is -0.238. The van der Waals surface area contributed by atoms with Gasteiger partial charge in [0.1, 0.15) is 5.82 Å². The third-order valence-electron chi connectivity index (χ3n) is 2.26.